The molecule has 4 amide bonds. The first-order chi connectivity index (χ1) is 26.9. The Kier molecular flexibility index (Phi) is 17.4. The predicted molar refractivity (Wildman–Crippen MR) is 228 cm³/mol. The maximum atomic E-state index is 13.3. The lowest BCUT2D eigenvalue weighted by molar-refractivity contribution is -0.118. The van der Waals surface area contributed by atoms with E-state index in [0.717, 1.165) is 24.0 Å². The number of nitrogens with one attached hydrogen (secondary N) is 4. The molecule has 0 unspecified atom stereocenters. The van der Waals surface area contributed by atoms with E-state index in [1.165, 1.54) is 0 Å². The van der Waals surface area contributed by atoms with Crippen molar-refractivity contribution in [3.8, 4) is 11.5 Å². The summed E-state index contributed by atoms with van der Waals surface area (Å²) in [5, 5.41) is 11.4. The van der Waals surface area contributed by atoms with Gasteiger partial charge in [-0.15, -0.1) is 0 Å². The summed E-state index contributed by atoms with van der Waals surface area (Å²) >= 11 is 6.82. The lowest BCUT2D eigenvalue weighted by Crippen LogP contribution is -2.35. The highest BCUT2D eigenvalue weighted by atomic mass is 79.9. The third-order valence-corrected chi connectivity index (χ3v) is 9.41. The summed E-state index contributed by atoms with van der Waals surface area (Å²) in [4.78, 5) is 53.0. The fourth-order valence-corrected chi connectivity index (χ4v) is 6.28. The van der Waals surface area contributed by atoms with Crippen LogP contribution in [0.4, 0.5) is 0 Å². The van der Waals surface area contributed by atoms with Crippen molar-refractivity contribution in [2.45, 2.75) is 65.6 Å². The van der Waals surface area contributed by atoms with Crippen molar-refractivity contribution >= 4 is 67.6 Å². The second-order valence-electron chi connectivity index (χ2n) is 13.4. The van der Waals surface area contributed by atoms with Gasteiger partial charge in [0.25, 0.3) is 23.6 Å². The fourth-order valence-electron chi connectivity index (χ4n) is 5.35. The van der Waals surface area contributed by atoms with Crippen molar-refractivity contribution in [3.63, 3.8) is 0 Å². The average Bonchev–Trinajstić information content (AvgIpc) is 3.16. The van der Waals surface area contributed by atoms with E-state index >= 15 is 0 Å². The van der Waals surface area contributed by atoms with Crippen molar-refractivity contribution < 1.29 is 28.7 Å². The molecular formula is C44H48Br2N4O6. The molecule has 0 aliphatic rings. The standard InChI is InChI=1S/C44H48Br2N4O6/c1-29(2)55-33-21-17-31(18-22-33)27-39(49-41(51)35-13-7-9-15-37(35)45)43(53)47-25-11-5-6-12-26-48-44(54)40(50-42(52)36-14-8-10-16-38(36)46)28-32-19-23-34(24-20-32)56-30(3)4/h7-10,13-24,27-30H,5-6,11-12,25-26H2,1-4H3,(H,47,53)(H,48,54)(H,49,51)(H,50,52)/b39-27-,40-28-. The number of amides is 4. The molecular weight excluding hydrogens is 840 g/mol. The summed E-state index contributed by atoms with van der Waals surface area (Å²) in [7, 11) is 0. The van der Waals surface area contributed by atoms with Crippen LogP contribution in [0.2, 0.25) is 0 Å². The van der Waals surface area contributed by atoms with Crippen molar-refractivity contribution in [3.05, 3.63) is 140 Å². The maximum Gasteiger partial charge on any atom is 0.267 e. The van der Waals surface area contributed by atoms with Crippen LogP contribution in [0.5, 0.6) is 11.5 Å². The van der Waals surface area contributed by atoms with E-state index in [1.54, 1.807) is 48.6 Å². The van der Waals surface area contributed by atoms with Crippen LogP contribution < -0.4 is 30.7 Å². The zero-order chi connectivity index (χ0) is 40.5. The van der Waals surface area contributed by atoms with Crippen molar-refractivity contribution in [1.82, 2.24) is 21.3 Å². The van der Waals surface area contributed by atoms with Gasteiger partial charge in [0.15, 0.2) is 0 Å². The number of ether oxygens (including phenoxy) is 2. The Morgan fingerprint density at radius 3 is 1.23 bits per heavy atom. The van der Waals surface area contributed by atoms with Gasteiger partial charge in [-0.1, -0.05) is 61.4 Å². The minimum Gasteiger partial charge on any atom is -0.491 e. The molecule has 0 radical (unpaired) electrons. The van der Waals surface area contributed by atoms with Gasteiger partial charge in [0.2, 0.25) is 0 Å². The topological polar surface area (TPSA) is 135 Å². The Labute approximate surface area is 345 Å². The van der Waals surface area contributed by atoms with Crippen LogP contribution in [0, 0.1) is 0 Å². The second-order valence-corrected chi connectivity index (χ2v) is 15.1. The van der Waals surface area contributed by atoms with E-state index < -0.39 is 23.6 Å². The van der Waals surface area contributed by atoms with Crippen molar-refractivity contribution in [2.75, 3.05) is 13.1 Å². The minimum absolute atomic E-state index is 0.0253. The Morgan fingerprint density at radius 1 is 0.536 bits per heavy atom. The third-order valence-electron chi connectivity index (χ3n) is 8.02. The van der Waals surface area contributed by atoms with E-state index in [0.29, 0.717) is 57.5 Å². The molecule has 0 saturated heterocycles. The molecule has 10 nitrogen and oxygen atoms in total. The quantitative estimate of drug-likeness (QED) is 0.0550. The number of hydrogen-bond donors (Lipinski definition) is 4. The van der Waals surface area contributed by atoms with Gasteiger partial charge in [0.05, 0.1) is 23.3 Å². The minimum atomic E-state index is -0.416. The van der Waals surface area contributed by atoms with Crippen LogP contribution >= 0.6 is 31.9 Å². The number of halogens is 2. The molecule has 56 heavy (non-hydrogen) atoms. The molecule has 0 heterocycles. The maximum absolute atomic E-state index is 13.3. The summed E-state index contributed by atoms with van der Waals surface area (Å²) in [6.07, 6.45) is 6.28. The SMILES string of the molecule is CC(C)Oc1ccc(/C=C(\NC(=O)c2ccccc2Br)C(=O)NCCCCCCNC(=O)/C(=C/c2ccc(OC(C)C)cc2)NC(=O)c2ccccc2Br)cc1. The van der Waals surface area contributed by atoms with Gasteiger partial charge in [0, 0.05) is 22.0 Å². The third kappa shape index (κ3) is 14.5. The number of unbranched alkanes of at least 4 members (excludes halogenated alkanes) is 3. The van der Waals surface area contributed by atoms with Gasteiger partial charge in [-0.25, -0.2) is 0 Å². The molecule has 0 bridgehead atoms. The van der Waals surface area contributed by atoms with Gasteiger partial charge in [-0.3, -0.25) is 19.2 Å². The fraction of sp³-hybridized carbons (Fsp3) is 0.273. The van der Waals surface area contributed by atoms with Crippen LogP contribution in [0.15, 0.2) is 117 Å². The summed E-state index contributed by atoms with van der Waals surface area (Å²) in [5.41, 5.74) is 2.47. The monoisotopic (exact) mass is 886 g/mol. The zero-order valence-electron chi connectivity index (χ0n) is 32.0. The number of benzene rings is 4. The van der Waals surface area contributed by atoms with Crippen LogP contribution in [-0.4, -0.2) is 48.9 Å². The Hall–Kier alpha value is -5.20. The first kappa shape index (κ1) is 43.5. The lowest BCUT2D eigenvalue weighted by Gasteiger charge is -2.13. The summed E-state index contributed by atoms with van der Waals surface area (Å²) < 4.78 is 12.7. The second kappa shape index (κ2) is 22.4. The van der Waals surface area contributed by atoms with Crippen LogP contribution in [0.25, 0.3) is 12.2 Å². The molecule has 294 valence electrons. The molecule has 0 aliphatic heterocycles. The van der Waals surface area contributed by atoms with Crippen LogP contribution in [0.3, 0.4) is 0 Å². The van der Waals surface area contributed by atoms with Gasteiger partial charge >= 0.3 is 0 Å². The molecule has 0 atom stereocenters. The van der Waals surface area contributed by atoms with Crippen molar-refractivity contribution in [1.29, 1.82) is 0 Å². The molecule has 0 aliphatic carbocycles. The highest BCUT2D eigenvalue weighted by Gasteiger charge is 2.18. The molecule has 4 rings (SSSR count). The summed E-state index contributed by atoms with van der Waals surface area (Å²) in [6, 6.07) is 28.6. The Balaban J connectivity index is 1.30. The Morgan fingerprint density at radius 2 is 0.893 bits per heavy atom. The summed E-state index contributed by atoms with van der Waals surface area (Å²) in [5.74, 6) is -0.240. The van der Waals surface area contributed by atoms with Crippen LogP contribution in [0.1, 0.15) is 85.2 Å². The summed E-state index contributed by atoms with van der Waals surface area (Å²) in [6.45, 7) is 8.57. The number of carbonyl (C=O) groups is 4. The van der Waals surface area contributed by atoms with E-state index in [9.17, 15) is 19.2 Å². The smallest absolute Gasteiger partial charge is 0.267 e. The van der Waals surface area contributed by atoms with Gasteiger partial charge in [-0.05, 0) is 144 Å². The van der Waals surface area contributed by atoms with Gasteiger partial charge < -0.3 is 30.7 Å². The first-order valence-corrected chi connectivity index (χ1v) is 20.1. The normalized spacial score (nSPS) is 11.6. The zero-order valence-corrected chi connectivity index (χ0v) is 35.2. The van der Waals surface area contributed by atoms with Crippen molar-refractivity contribution in [2.24, 2.45) is 0 Å². The van der Waals surface area contributed by atoms with Crippen LogP contribution in [-0.2, 0) is 9.59 Å². The molecule has 0 aromatic heterocycles. The van der Waals surface area contributed by atoms with Gasteiger partial charge in [-0.2, -0.15) is 0 Å². The largest absolute Gasteiger partial charge is 0.491 e. The van der Waals surface area contributed by atoms with E-state index in [1.807, 2.05) is 88.4 Å². The highest BCUT2D eigenvalue weighted by Crippen LogP contribution is 2.20. The lowest BCUT2D eigenvalue weighted by atomic mass is 10.1. The molecule has 4 aromatic rings. The average molecular weight is 889 g/mol. The Bertz CT molecular complexity index is 1870. The first-order valence-electron chi connectivity index (χ1n) is 18.5. The molecule has 4 aromatic carbocycles. The predicted octanol–water partition coefficient (Wildman–Crippen LogP) is 8.82. The van der Waals surface area contributed by atoms with E-state index in [4.69, 9.17) is 9.47 Å². The van der Waals surface area contributed by atoms with Gasteiger partial charge in [0.1, 0.15) is 22.9 Å². The molecule has 0 fully saturated rings. The highest BCUT2D eigenvalue weighted by molar-refractivity contribution is 9.10. The molecule has 12 heteroatoms. The van der Waals surface area contributed by atoms with E-state index in [-0.39, 0.29) is 23.6 Å². The molecule has 0 spiro atoms. The number of rotatable bonds is 19. The molecule has 4 N–H and O–H groups in total. The van der Waals surface area contributed by atoms with E-state index in [2.05, 4.69) is 53.1 Å². The number of hydrogen-bond acceptors (Lipinski definition) is 6. The number of carbonyl (C=O) groups excluding carboxylic acids is 4. The molecule has 0 saturated carbocycles.